The minimum absolute atomic E-state index is 0.138. The number of carbonyl (C=O) groups excluding carboxylic acids is 4. The zero-order valence-corrected chi connectivity index (χ0v) is 18.8. The maximum atomic E-state index is 12.6. The van der Waals surface area contributed by atoms with Gasteiger partial charge in [-0.05, 0) is 18.8 Å². The van der Waals surface area contributed by atoms with Gasteiger partial charge in [-0.15, -0.1) is 0 Å². The van der Waals surface area contributed by atoms with Gasteiger partial charge < -0.3 is 37.6 Å². The summed E-state index contributed by atoms with van der Waals surface area (Å²) in [7, 11) is 0. The van der Waals surface area contributed by atoms with Crippen molar-refractivity contribution in [1.82, 2.24) is 16.0 Å². The maximum Gasteiger partial charge on any atom is 0.326 e. The van der Waals surface area contributed by atoms with Crippen LogP contribution in [0, 0.1) is 5.92 Å². The molecule has 0 fully saturated rings. The first kappa shape index (κ1) is 29.1. The molecule has 0 aromatic carbocycles. The third-order valence-electron chi connectivity index (χ3n) is 4.36. The Morgan fingerprint density at radius 1 is 0.844 bits per heavy atom. The zero-order valence-electron chi connectivity index (χ0n) is 17.9. The molecule has 0 bridgehead atoms. The molecule has 0 aromatic rings. The second-order valence-electron chi connectivity index (χ2n) is 7.42. The van der Waals surface area contributed by atoms with Gasteiger partial charge in [0.25, 0.3) is 0 Å². The van der Waals surface area contributed by atoms with Gasteiger partial charge in [0.05, 0.1) is 6.04 Å². The van der Waals surface area contributed by atoms with E-state index in [1.54, 1.807) is 13.8 Å². The number of nitrogens with two attached hydrogens (primary N) is 2. The van der Waals surface area contributed by atoms with Crippen LogP contribution in [-0.4, -0.2) is 75.7 Å². The molecular formula is C18H31N5O8S. The normalized spacial score (nSPS) is 14.5. The molecule has 32 heavy (non-hydrogen) atoms. The van der Waals surface area contributed by atoms with Gasteiger partial charge in [-0.25, -0.2) is 4.79 Å². The molecule has 14 heteroatoms. The van der Waals surface area contributed by atoms with Gasteiger partial charge in [-0.1, -0.05) is 13.8 Å². The first-order valence-corrected chi connectivity index (χ1v) is 10.4. The molecule has 0 aromatic heterocycles. The molecule has 9 N–H and O–H groups in total. The molecule has 4 atom stereocenters. The van der Waals surface area contributed by atoms with Crippen LogP contribution < -0.4 is 27.4 Å². The Hall–Kier alpha value is -2.87. The number of aliphatic carboxylic acids is 2. The lowest BCUT2D eigenvalue weighted by Gasteiger charge is -2.26. The van der Waals surface area contributed by atoms with Gasteiger partial charge in [0.15, 0.2) is 0 Å². The van der Waals surface area contributed by atoms with Crippen molar-refractivity contribution in [2.45, 2.75) is 63.7 Å². The van der Waals surface area contributed by atoms with E-state index in [2.05, 4.69) is 28.6 Å². The van der Waals surface area contributed by atoms with E-state index >= 15 is 0 Å². The van der Waals surface area contributed by atoms with E-state index in [0.717, 1.165) is 0 Å². The smallest absolute Gasteiger partial charge is 0.326 e. The highest BCUT2D eigenvalue weighted by atomic mass is 32.1. The fraction of sp³-hybridized carbons (Fsp3) is 0.667. The van der Waals surface area contributed by atoms with Crippen LogP contribution in [0.2, 0.25) is 0 Å². The highest BCUT2D eigenvalue weighted by Gasteiger charge is 2.31. The number of carboxylic acid groups (broad SMARTS) is 2. The summed E-state index contributed by atoms with van der Waals surface area (Å²) in [5, 5.41) is 24.9. The van der Waals surface area contributed by atoms with Crippen molar-refractivity contribution in [3.63, 3.8) is 0 Å². The minimum atomic E-state index is -1.39. The molecule has 0 rings (SSSR count). The van der Waals surface area contributed by atoms with E-state index in [0.29, 0.717) is 0 Å². The molecule has 0 heterocycles. The molecule has 0 saturated carbocycles. The summed E-state index contributed by atoms with van der Waals surface area (Å²) in [4.78, 5) is 70.1. The predicted molar refractivity (Wildman–Crippen MR) is 115 cm³/mol. The van der Waals surface area contributed by atoms with Crippen LogP contribution in [0.15, 0.2) is 0 Å². The molecule has 4 amide bonds. The summed E-state index contributed by atoms with van der Waals surface area (Å²) in [6, 6.07) is -4.88. The quantitative estimate of drug-likeness (QED) is 0.117. The van der Waals surface area contributed by atoms with Gasteiger partial charge in [-0.2, -0.15) is 12.6 Å². The number of primary amides is 1. The molecule has 182 valence electrons. The van der Waals surface area contributed by atoms with Crippen LogP contribution >= 0.6 is 12.6 Å². The third kappa shape index (κ3) is 10.9. The summed E-state index contributed by atoms with van der Waals surface area (Å²) < 4.78 is 0. The van der Waals surface area contributed by atoms with Crippen LogP contribution in [-0.2, 0) is 28.8 Å². The molecule has 13 nitrogen and oxygen atoms in total. The van der Waals surface area contributed by atoms with E-state index < -0.39 is 65.7 Å². The molecule has 4 unspecified atom stereocenters. The Bertz CT molecular complexity index is 717. The molecule has 0 saturated heterocycles. The SMILES string of the molecule is CC(C)C(NC(=O)C(CS)NC(=O)C(N)CCC(=O)O)C(=O)NC(CCC(N)=O)C(=O)O. The Morgan fingerprint density at radius 2 is 1.41 bits per heavy atom. The van der Waals surface area contributed by atoms with Crippen LogP contribution in [0.5, 0.6) is 0 Å². The van der Waals surface area contributed by atoms with E-state index in [1.807, 2.05) is 0 Å². The highest BCUT2D eigenvalue weighted by molar-refractivity contribution is 7.80. The first-order valence-electron chi connectivity index (χ1n) is 9.80. The summed E-state index contributed by atoms with van der Waals surface area (Å²) >= 11 is 4.01. The number of carbonyl (C=O) groups is 6. The van der Waals surface area contributed by atoms with Gasteiger partial charge >= 0.3 is 11.9 Å². The van der Waals surface area contributed by atoms with Gasteiger partial charge in [0.1, 0.15) is 18.1 Å². The number of carboxylic acids is 2. The van der Waals surface area contributed by atoms with Crippen molar-refractivity contribution in [3.05, 3.63) is 0 Å². The van der Waals surface area contributed by atoms with E-state index in [9.17, 15) is 33.9 Å². The number of rotatable bonds is 15. The fourth-order valence-corrected chi connectivity index (χ4v) is 2.73. The lowest BCUT2D eigenvalue weighted by atomic mass is 10.0. The number of thiol groups is 1. The number of hydrogen-bond donors (Lipinski definition) is 8. The second-order valence-corrected chi connectivity index (χ2v) is 7.78. The molecule has 0 aliphatic carbocycles. The molecule has 0 spiro atoms. The van der Waals surface area contributed by atoms with Crippen molar-refractivity contribution >= 4 is 48.2 Å². The van der Waals surface area contributed by atoms with Crippen LogP contribution in [0.3, 0.4) is 0 Å². The largest absolute Gasteiger partial charge is 0.481 e. The van der Waals surface area contributed by atoms with Crippen molar-refractivity contribution in [1.29, 1.82) is 0 Å². The Balaban J connectivity index is 5.15. The van der Waals surface area contributed by atoms with Gasteiger partial charge in [0, 0.05) is 18.6 Å². The third-order valence-corrected chi connectivity index (χ3v) is 4.73. The van der Waals surface area contributed by atoms with Crippen molar-refractivity contribution in [2.24, 2.45) is 17.4 Å². The standard InChI is InChI=1S/C18H31N5O8S/c1-8(2)14(17(29)21-10(18(30)31)4-5-12(20)24)23-16(28)11(7-32)22-15(27)9(19)3-6-13(25)26/h8-11,14,32H,3-7,19H2,1-2H3,(H2,20,24)(H,21,29)(H,22,27)(H,23,28)(H,25,26)(H,30,31). The summed E-state index contributed by atoms with van der Waals surface area (Å²) in [6.07, 6.45) is -0.950. The molecular weight excluding hydrogens is 446 g/mol. The summed E-state index contributed by atoms with van der Waals surface area (Å²) in [6.45, 7) is 3.22. The second kappa shape index (κ2) is 14.2. The highest BCUT2D eigenvalue weighted by Crippen LogP contribution is 2.06. The summed E-state index contributed by atoms with van der Waals surface area (Å²) in [5.41, 5.74) is 10.6. The van der Waals surface area contributed by atoms with Crippen LogP contribution in [0.4, 0.5) is 0 Å². The summed E-state index contributed by atoms with van der Waals surface area (Å²) in [5.74, 6) is -6.16. The predicted octanol–water partition coefficient (Wildman–Crippen LogP) is -2.43. The van der Waals surface area contributed by atoms with Crippen LogP contribution in [0.1, 0.15) is 39.5 Å². The Kier molecular flexibility index (Phi) is 13.0. The topological polar surface area (TPSA) is 231 Å². The zero-order chi connectivity index (χ0) is 25.0. The van der Waals surface area contributed by atoms with Crippen LogP contribution in [0.25, 0.3) is 0 Å². The number of nitrogens with one attached hydrogen (secondary N) is 3. The molecule has 0 aliphatic heterocycles. The monoisotopic (exact) mass is 477 g/mol. The van der Waals surface area contributed by atoms with E-state index in [4.69, 9.17) is 16.6 Å². The van der Waals surface area contributed by atoms with Gasteiger partial charge in [0.2, 0.25) is 23.6 Å². The van der Waals surface area contributed by atoms with Crippen molar-refractivity contribution < 1.29 is 39.0 Å². The molecule has 0 radical (unpaired) electrons. The number of hydrogen-bond acceptors (Lipinski definition) is 8. The minimum Gasteiger partial charge on any atom is -0.481 e. The first-order chi connectivity index (χ1) is 14.8. The lowest BCUT2D eigenvalue weighted by Crippen LogP contribution is -2.59. The van der Waals surface area contributed by atoms with E-state index in [-0.39, 0.29) is 31.4 Å². The van der Waals surface area contributed by atoms with Gasteiger partial charge in [-0.3, -0.25) is 24.0 Å². The maximum absolute atomic E-state index is 12.6. The average Bonchev–Trinajstić information content (AvgIpc) is 2.69. The Labute approximate surface area is 190 Å². The van der Waals surface area contributed by atoms with E-state index in [1.165, 1.54) is 0 Å². The number of amides is 4. The average molecular weight is 478 g/mol. The van der Waals surface area contributed by atoms with Crippen molar-refractivity contribution in [3.8, 4) is 0 Å². The Morgan fingerprint density at radius 3 is 1.84 bits per heavy atom. The van der Waals surface area contributed by atoms with Crippen molar-refractivity contribution in [2.75, 3.05) is 5.75 Å². The fourth-order valence-electron chi connectivity index (χ4n) is 2.48. The molecule has 0 aliphatic rings. The lowest BCUT2D eigenvalue weighted by molar-refractivity contribution is -0.143.